The summed E-state index contributed by atoms with van der Waals surface area (Å²) in [5.74, 6) is 0.904. The Hall–Kier alpha value is -1.35. The fourth-order valence-electron chi connectivity index (χ4n) is 3.81. The Labute approximate surface area is 127 Å². The first kappa shape index (κ1) is 14.6. The van der Waals surface area contributed by atoms with E-state index >= 15 is 0 Å². The number of hydrogen-bond donors (Lipinski definition) is 2. The molecule has 1 aliphatic heterocycles. The van der Waals surface area contributed by atoms with Crippen molar-refractivity contribution in [2.75, 3.05) is 18.4 Å². The molecule has 1 aliphatic carbocycles. The van der Waals surface area contributed by atoms with Crippen molar-refractivity contribution in [1.29, 1.82) is 0 Å². The van der Waals surface area contributed by atoms with Crippen molar-refractivity contribution in [1.82, 2.24) is 0 Å². The topological polar surface area (TPSA) is 33.5 Å². The Morgan fingerprint density at radius 1 is 1.29 bits per heavy atom. The Bertz CT molecular complexity index is 526. The molecule has 0 saturated carbocycles. The number of anilines is 1. The number of carbonyl (C=O) groups excluding carboxylic acids is 1. The Morgan fingerprint density at radius 3 is 2.90 bits per heavy atom. The summed E-state index contributed by atoms with van der Waals surface area (Å²) in [6.07, 6.45) is 6.15. The van der Waals surface area contributed by atoms with Gasteiger partial charge in [-0.2, -0.15) is 0 Å². The molecule has 1 saturated heterocycles. The number of piperidine rings is 1. The smallest absolute Gasteiger partial charge is 0.282 e. The lowest BCUT2D eigenvalue weighted by Crippen LogP contribution is -3.17. The predicted octanol–water partition coefficient (Wildman–Crippen LogP) is 1.82. The van der Waals surface area contributed by atoms with E-state index in [0.717, 1.165) is 31.1 Å². The summed E-state index contributed by atoms with van der Waals surface area (Å²) in [6, 6.07) is 6.45. The molecule has 3 atom stereocenters. The number of quaternary nitrogens is 1. The maximum absolute atomic E-state index is 12.5. The zero-order chi connectivity index (χ0) is 14.8. The number of nitrogens with one attached hydrogen (secondary N) is 2. The van der Waals surface area contributed by atoms with E-state index in [-0.39, 0.29) is 11.9 Å². The molecule has 0 bridgehead atoms. The Morgan fingerprint density at radius 2 is 2.10 bits per heavy atom. The second kappa shape index (κ2) is 6.18. The summed E-state index contributed by atoms with van der Waals surface area (Å²) < 4.78 is 0. The van der Waals surface area contributed by atoms with Crippen molar-refractivity contribution in [3.63, 3.8) is 0 Å². The van der Waals surface area contributed by atoms with Crippen LogP contribution in [0.1, 0.15) is 44.2 Å². The number of carbonyl (C=O) groups is 1. The van der Waals surface area contributed by atoms with Crippen LogP contribution >= 0.6 is 0 Å². The highest BCUT2D eigenvalue weighted by Gasteiger charge is 2.29. The quantitative estimate of drug-likeness (QED) is 0.873. The monoisotopic (exact) mass is 287 g/mol. The molecule has 2 aliphatic rings. The molecule has 1 heterocycles. The number of aryl methyl sites for hydroxylation is 2. The SMILES string of the molecule is C[C@H]1CCC[NH+]([C@@H](C)C(=O)Nc2ccc3c(c2)CCC3)C1. The third kappa shape index (κ3) is 3.29. The fraction of sp³-hybridized carbons (Fsp3) is 0.611. The molecule has 0 radical (unpaired) electrons. The summed E-state index contributed by atoms with van der Waals surface area (Å²) in [7, 11) is 0. The maximum atomic E-state index is 12.5. The zero-order valence-electron chi connectivity index (χ0n) is 13.2. The van der Waals surface area contributed by atoms with Crippen molar-refractivity contribution in [3.05, 3.63) is 29.3 Å². The van der Waals surface area contributed by atoms with Crippen LogP contribution in [0.5, 0.6) is 0 Å². The molecular weight excluding hydrogens is 260 g/mol. The molecule has 0 spiro atoms. The highest BCUT2D eigenvalue weighted by molar-refractivity contribution is 5.93. The van der Waals surface area contributed by atoms with Gasteiger partial charge < -0.3 is 10.2 Å². The summed E-state index contributed by atoms with van der Waals surface area (Å²) in [5.41, 5.74) is 3.84. The first-order chi connectivity index (χ1) is 10.1. The first-order valence-electron chi connectivity index (χ1n) is 8.40. The van der Waals surface area contributed by atoms with Crippen LogP contribution in [0.15, 0.2) is 18.2 Å². The third-order valence-corrected chi connectivity index (χ3v) is 5.18. The van der Waals surface area contributed by atoms with E-state index in [4.69, 9.17) is 0 Å². The third-order valence-electron chi connectivity index (χ3n) is 5.18. The van der Waals surface area contributed by atoms with E-state index in [2.05, 4.69) is 37.4 Å². The molecule has 3 rings (SSSR count). The van der Waals surface area contributed by atoms with Gasteiger partial charge in [-0.1, -0.05) is 13.0 Å². The molecule has 0 aromatic heterocycles. The minimum Gasteiger partial charge on any atom is -0.325 e. The van der Waals surface area contributed by atoms with Gasteiger partial charge in [-0.15, -0.1) is 0 Å². The lowest BCUT2D eigenvalue weighted by atomic mass is 9.99. The van der Waals surface area contributed by atoms with Crippen molar-refractivity contribution in [2.24, 2.45) is 5.92 Å². The van der Waals surface area contributed by atoms with Gasteiger partial charge in [0.1, 0.15) is 0 Å². The van der Waals surface area contributed by atoms with E-state index in [0.29, 0.717) is 0 Å². The lowest BCUT2D eigenvalue weighted by molar-refractivity contribution is -0.922. The van der Waals surface area contributed by atoms with E-state index in [1.54, 1.807) is 0 Å². The second-order valence-corrected chi connectivity index (χ2v) is 6.91. The summed E-state index contributed by atoms with van der Waals surface area (Å²) >= 11 is 0. The minimum absolute atomic E-state index is 0.0426. The number of fused-ring (bicyclic) bond motifs is 1. The molecular formula is C18H27N2O+. The molecule has 114 valence electrons. The molecule has 1 unspecified atom stereocenters. The van der Waals surface area contributed by atoms with Gasteiger partial charge >= 0.3 is 0 Å². The van der Waals surface area contributed by atoms with Gasteiger partial charge in [-0.05, 0) is 62.3 Å². The number of likely N-dealkylation sites (tertiary alicyclic amines) is 1. The summed E-state index contributed by atoms with van der Waals surface area (Å²) in [6.45, 7) is 6.61. The van der Waals surface area contributed by atoms with Gasteiger partial charge in [0, 0.05) is 11.6 Å². The van der Waals surface area contributed by atoms with Crippen molar-refractivity contribution in [2.45, 2.75) is 52.0 Å². The van der Waals surface area contributed by atoms with Gasteiger partial charge in [0.25, 0.3) is 5.91 Å². The van der Waals surface area contributed by atoms with Gasteiger partial charge in [-0.3, -0.25) is 4.79 Å². The Kier molecular flexibility index (Phi) is 4.29. The van der Waals surface area contributed by atoms with Crippen LogP contribution in [0, 0.1) is 5.92 Å². The standard InChI is InChI=1S/C18H26N2O/c1-13-5-4-10-20(12-13)14(2)18(21)19-17-9-8-15-6-3-7-16(15)11-17/h8-9,11,13-14H,3-7,10,12H2,1-2H3,(H,19,21)/p+1/t13-,14-/m0/s1. The van der Waals surface area contributed by atoms with Crippen LogP contribution in [0.2, 0.25) is 0 Å². The van der Waals surface area contributed by atoms with E-state index in [1.165, 1.54) is 41.7 Å². The van der Waals surface area contributed by atoms with Crippen LogP contribution in [-0.4, -0.2) is 25.0 Å². The maximum Gasteiger partial charge on any atom is 0.282 e. The van der Waals surface area contributed by atoms with Crippen LogP contribution in [0.3, 0.4) is 0 Å². The minimum atomic E-state index is 0.0426. The van der Waals surface area contributed by atoms with Crippen LogP contribution < -0.4 is 10.2 Å². The van der Waals surface area contributed by atoms with Crippen LogP contribution in [0.25, 0.3) is 0 Å². The second-order valence-electron chi connectivity index (χ2n) is 6.91. The molecule has 1 aromatic rings. The largest absolute Gasteiger partial charge is 0.325 e. The highest BCUT2D eigenvalue weighted by atomic mass is 16.2. The number of amides is 1. The summed E-state index contributed by atoms with van der Waals surface area (Å²) in [5, 5.41) is 3.12. The van der Waals surface area contributed by atoms with Crippen molar-refractivity contribution >= 4 is 11.6 Å². The van der Waals surface area contributed by atoms with Crippen LogP contribution in [-0.2, 0) is 17.6 Å². The number of rotatable bonds is 3. The van der Waals surface area contributed by atoms with Gasteiger partial charge in [-0.25, -0.2) is 0 Å². The lowest BCUT2D eigenvalue weighted by Gasteiger charge is -2.31. The average Bonchev–Trinajstić information content (AvgIpc) is 2.94. The molecule has 1 amide bonds. The highest BCUT2D eigenvalue weighted by Crippen LogP contribution is 2.24. The Balaban J connectivity index is 1.62. The molecule has 2 N–H and O–H groups in total. The molecule has 3 nitrogen and oxygen atoms in total. The van der Waals surface area contributed by atoms with E-state index in [1.807, 2.05) is 0 Å². The molecule has 1 aromatic carbocycles. The van der Waals surface area contributed by atoms with E-state index in [9.17, 15) is 4.79 Å². The van der Waals surface area contributed by atoms with Gasteiger partial charge in [0.2, 0.25) is 0 Å². The fourth-order valence-corrected chi connectivity index (χ4v) is 3.81. The van der Waals surface area contributed by atoms with Crippen LogP contribution in [0.4, 0.5) is 5.69 Å². The molecule has 1 fully saturated rings. The molecule has 3 heteroatoms. The normalized spacial score (nSPS) is 26.2. The molecule has 21 heavy (non-hydrogen) atoms. The van der Waals surface area contributed by atoms with Crippen molar-refractivity contribution in [3.8, 4) is 0 Å². The summed E-state index contributed by atoms with van der Waals surface area (Å²) in [4.78, 5) is 13.9. The number of benzene rings is 1. The number of hydrogen-bond acceptors (Lipinski definition) is 1. The first-order valence-corrected chi connectivity index (χ1v) is 8.40. The van der Waals surface area contributed by atoms with E-state index < -0.39 is 0 Å². The predicted molar refractivity (Wildman–Crippen MR) is 85.7 cm³/mol. The average molecular weight is 287 g/mol. The zero-order valence-corrected chi connectivity index (χ0v) is 13.2. The van der Waals surface area contributed by atoms with Gasteiger partial charge in [0.15, 0.2) is 6.04 Å². The van der Waals surface area contributed by atoms with Gasteiger partial charge in [0.05, 0.1) is 13.1 Å². The van der Waals surface area contributed by atoms with Crippen molar-refractivity contribution < 1.29 is 9.69 Å².